The fourth-order valence-corrected chi connectivity index (χ4v) is 3.91. The maximum atomic E-state index is 11.4. The van der Waals surface area contributed by atoms with Gasteiger partial charge in [-0.15, -0.1) is 0 Å². The van der Waals surface area contributed by atoms with Gasteiger partial charge in [-0.2, -0.15) is 0 Å². The van der Waals surface area contributed by atoms with Crippen molar-refractivity contribution in [3.8, 4) is 0 Å². The average molecular weight is 219 g/mol. The third kappa shape index (κ3) is 2.95. The molecule has 2 N–H and O–H groups in total. The Morgan fingerprint density at radius 1 is 1.14 bits per heavy atom. The molecule has 1 fully saturated rings. The highest BCUT2D eigenvalue weighted by Crippen LogP contribution is 2.32. The molecule has 2 unspecified atom stereocenters. The van der Waals surface area contributed by atoms with Crippen molar-refractivity contribution in [1.82, 2.24) is 0 Å². The van der Waals surface area contributed by atoms with Gasteiger partial charge in [-0.25, -0.2) is 13.6 Å². The molecule has 0 spiro atoms. The van der Waals surface area contributed by atoms with Crippen LogP contribution in [0.15, 0.2) is 0 Å². The molecular weight excluding hydrogens is 198 g/mol. The van der Waals surface area contributed by atoms with E-state index in [0.717, 1.165) is 32.1 Å². The summed E-state index contributed by atoms with van der Waals surface area (Å²) in [6.07, 6.45) is 5.06. The molecule has 0 aromatic heterocycles. The van der Waals surface area contributed by atoms with Gasteiger partial charge in [0, 0.05) is 0 Å². The molecule has 0 bridgehead atoms. The summed E-state index contributed by atoms with van der Waals surface area (Å²) in [4.78, 5) is 0. The standard InChI is InChI=1S/C10H21NO2S/c1-8(2)9-6-4-3-5-7-10(9)14(11,12)13/h8-10H,3-7H2,1-2H3,(H2,11,12,13). The molecule has 0 aromatic carbocycles. The zero-order valence-corrected chi connectivity index (χ0v) is 9.89. The lowest BCUT2D eigenvalue weighted by atomic mass is 9.88. The number of hydrogen-bond acceptors (Lipinski definition) is 2. The Kier molecular flexibility index (Phi) is 3.95. The Morgan fingerprint density at radius 2 is 1.71 bits per heavy atom. The van der Waals surface area contributed by atoms with E-state index < -0.39 is 10.0 Å². The van der Waals surface area contributed by atoms with Crippen molar-refractivity contribution in [1.29, 1.82) is 0 Å². The molecule has 4 heteroatoms. The number of rotatable bonds is 2. The zero-order valence-electron chi connectivity index (χ0n) is 9.07. The molecule has 0 amide bonds. The lowest BCUT2D eigenvalue weighted by Crippen LogP contribution is -2.36. The highest BCUT2D eigenvalue weighted by molar-refractivity contribution is 7.89. The molecule has 0 saturated heterocycles. The highest BCUT2D eigenvalue weighted by Gasteiger charge is 2.33. The van der Waals surface area contributed by atoms with Crippen LogP contribution in [0.1, 0.15) is 46.0 Å². The normalized spacial score (nSPS) is 30.3. The van der Waals surface area contributed by atoms with Crippen LogP contribution in [0.4, 0.5) is 0 Å². The topological polar surface area (TPSA) is 60.2 Å². The van der Waals surface area contributed by atoms with Crippen LogP contribution in [0, 0.1) is 11.8 Å². The quantitative estimate of drug-likeness (QED) is 0.721. The molecule has 2 atom stereocenters. The first kappa shape index (κ1) is 12.0. The van der Waals surface area contributed by atoms with E-state index in [1.807, 2.05) is 0 Å². The third-order valence-electron chi connectivity index (χ3n) is 3.28. The number of hydrogen-bond donors (Lipinski definition) is 1. The van der Waals surface area contributed by atoms with Crippen LogP contribution < -0.4 is 5.14 Å². The first-order valence-corrected chi connectivity index (χ1v) is 7.05. The molecule has 0 aliphatic heterocycles. The zero-order chi connectivity index (χ0) is 10.8. The molecule has 3 nitrogen and oxygen atoms in total. The molecule has 1 saturated carbocycles. The number of primary sulfonamides is 1. The Morgan fingerprint density at radius 3 is 2.21 bits per heavy atom. The van der Waals surface area contributed by atoms with E-state index in [-0.39, 0.29) is 11.2 Å². The summed E-state index contributed by atoms with van der Waals surface area (Å²) in [5.74, 6) is 0.670. The first-order valence-electron chi connectivity index (χ1n) is 5.44. The Hall–Kier alpha value is -0.0900. The van der Waals surface area contributed by atoms with Gasteiger partial charge in [-0.05, 0) is 24.7 Å². The van der Waals surface area contributed by atoms with E-state index in [0.29, 0.717) is 5.92 Å². The summed E-state index contributed by atoms with van der Waals surface area (Å²) >= 11 is 0. The maximum absolute atomic E-state index is 11.4. The summed E-state index contributed by atoms with van der Waals surface area (Å²) < 4.78 is 22.9. The first-order chi connectivity index (χ1) is 6.43. The second-order valence-electron chi connectivity index (χ2n) is 4.67. The van der Waals surface area contributed by atoms with Crippen LogP contribution in [-0.4, -0.2) is 13.7 Å². The molecule has 0 heterocycles. The lowest BCUT2D eigenvalue weighted by Gasteiger charge is -2.26. The average Bonchev–Trinajstić information content (AvgIpc) is 2.26. The van der Waals surface area contributed by atoms with Crippen molar-refractivity contribution >= 4 is 10.0 Å². The van der Waals surface area contributed by atoms with E-state index in [1.54, 1.807) is 0 Å². The minimum absolute atomic E-state index is 0.257. The van der Waals surface area contributed by atoms with Crippen LogP contribution in [0.5, 0.6) is 0 Å². The van der Waals surface area contributed by atoms with Gasteiger partial charge >= 0.3 is 0 Å². The monoisotopic (exact) mass is 219 g/mol. The minimum atomic E-state index is -3.34. The Balaban J connectivity index is 2.85. The van der Waals surface area contributed by atoms with E-state index >= 15 is 0 Å². The van der Waals surface area contributed by atoms with Crippen molar-refractivity contribution in [2.45, 2.75) is 51.2 Å². The molecule has 1 aliphatic rings. The second-order valence-corrected chi connectivity index (χ2v) is 6.46. The van der Waals surface area contributed by atoms with Gasteiger partial charge in [0.2, 0.25) is 10.0 Å². The summed E-state index contributed by atoms with van der Waals surface area (Å²) in [6.45, 7) is 4.18. The van der Waals surface area contributed by atoms with Crippen LogP contribution in [-0.2, 0) is 10.0 Å². The maximum Gasteiger partial charge on any atom is 0.212 e. The summed E-state index contributed by atoms with van der Waals surface area (Å²) in [7, 11) is -3.34. The molecule has 0 radical (unpaired) electrons. The van der Waals surface area contributed by atoms with Crippen molar-refractivity contribution in [2.75, 3.05) is 0 Å². The van der Waals surface area contributed by atoms with Crippen LogP contribution in [0.3, 0.4) is 0 Å². The number of nitrogens with two attached hydrogens (primary N) is 1. The van der Waals surface area contributed by atoms with Crippen molar-refractivity contribution in [2.24, 2.45) is 17.0 Å². The Bertz CT molecular complexity index is 272. The summed E-state index contributed by atoms with van der Waals surface area (Å²) in [5.41, 5.74) is 0. The van der Waals surface area contributed by atoms with E-state index in [4.69, 9.17) is 5.14 Å². The van der Waals surface area contributed by atoms with E-state index in [1.165, 1.54) is 0 Å². The van der Waals surface area contributed by atoms with Gasteiger partial charge in [-0.3, -0.25) is 0 Å². The number of sulfonamides is 1. The molecule has 1 aliphatic carbocycles. The minimum Gasteiger partial charge on any atom is -0.228 e. The molecule has 0 aromatic rings. The van der Waals surface area contributed by atoms with Crippen molar-refractivity contribution in [3.63, 3.8) is 0 Å². The smallest absolute Gasteiger partial charge is 0.212 e. The van der Waals surface area contributed by atoms with E-state index in [2.05, 4.69) is 13.8 Å². The summed E-state index contributed by atoms with van der Waals surface area (Å²) in [5, 5.41) is 4.98. The fraction of sp³-hybridized carbons (Fsp3) is 1.00. The Labute approximate surface area is 87.1 Å². The van der Waals surface area contributed by atoms with Gasteiger partial charge in [0.05, 0.1) is 5.25 Å². The SMILES string of the molecule is CC(C)C1CCCCCC1S(N)(=O)=O. The molecule has 14 heavy (non-hydrogen) atoms. The third-order valence-corrected chi connectivity index (χ3v) is 4.71. The van der Waals surface area contributed by atoms with Gasteiger partial charge in [-0.1, -0.05) is 33.1 Å². The second kappa shape index (κ2) is 4.62. The van der Waals surface area contributed by atoms with Crippen LogP contribution in [0.25, 0.3) is 0 Å². The predicted octanol–water partition coefficient (Wildman–Crippen LogP) is 1.88. The van der Waals surface area contributed by atoms with E-state index in [9.17, 15) is 8.42 Å². The lowest BCUT2D eigenvalue weighted by molar-refractivity contribution is 0.341. The van der Waals surface area contributed by atoms with Crippen molar-refractivity contribution in [3.05, 3.63) is 0 Å². The predicted molar refractivity (Wildman–Crippen MR) is 58.3 cm³/mol. The van der Waals surface area contributed by atoms with Crippen LogP contribution in [0.2, 0.25) is 0 Å². The van der Waals surface area contributed by atoms with Gasteiger partial charge in [0.25, 0.3) is 0 Å². The molecule has 84 valence electrons. The van der Waals surface area contributed by atoms with Crippen molar-refractivity contribution < 1.29 is 8.42 Å². The summed E-state index contributed by atoms with van der Waals surface area (Å²) in [6, 6.07) is 0. The van der Waals surface area contributed by atoms with Gasteiger partial charge in [0.15, 0.2) is 0 Å². The van der Waals surface area contributed by atoms with Gasteiger partial charge in [0.1, 0.15) is 0 Å². The molecular formula is C10H21NO2S. The van der Waals surface area contributed by atoms with Gasteiger partial charge < -0.3 is 0 Å². The fourth-order valence-electron chi connectivity index (χ4n) is 2.47. The molecule has 1 rings (SSSR count). The largest absolute Gasteiger partial charge is 0.228 e. The van der Waals surface area contributed by atoms with Crippen LogP contribution >= 0.6 is 0 Å². The highest BCUT2D eigenvalue weighted by atomic mass is 32.2.